The van der Waals surface area contributed by atoms with E-state index in [0.717, 1.165) is 21.2 Å². The number of nitrogens with zero attached hydrogens (tertiary/aromatic N) is 2. The maximum atomic E-state index is 13.1. The van der Waals surface area contributed by atoms with Crippen LogP contribution in [0, 0.1) is 10.5 Å². The summed E-state index contributed by atoms with van der Waals surface area (Å²) in [7, 11) is 1.40. The van der Waals surface area contributed by atoms with Gasteiger partial charge < -0.3 is 14.5 Å². The fraction of sp³-hybridized carbons (Fsp3) is 0.250. The predicted molar refractivity (Wildman–Crippen MR) is 94.3 cm³/mol. The number of fused-ring (bicyclic) bond motifs is 1. The van der Waals surface area contributed by atoms with Crippen LogP contribution in [-0.2, 0) is 10.9 Å². The van der Waals surface area contributed by atoms with Gasteiger partial charge in [-0.25, -0.2) is 0 Å². The van der Waals surface area contributed by atoms with E-state index < -0.39 is 11.7 Å². The maximum Gasteiger partial charge on any atom is 0.416 e. The minimum Gasteiger partial charge on any atom is -0.467 e. The molecule has 0 fully saturated rings. The molecule has 25 heavy (non-hydrogen) atoms. The van der Waals surface area contributed by atoms with Gasteiger partial charge >= 0.3 is 6.18 Å². The normalized spacial score (nSPS) is 11.9. The molecule has 0 saturated carbocycles. The van der Waals surface area contributed by atoms with Crippen LogP contribution in [0.25, 0.3) is 22.3 Å². The van der Waals surface area contributed by atoms with Crippen LogP contribution in [0.1, 0.15) is 11.1 Å². The Morgan fingerprint density at radius 1 is 1.20 bits per heavy atom. The quantitative estimate of drug-likeness (QED) is 0.456. The molecule has 0 unspecified atom stereocenters. The first-order valence-electron chi connectivity index (χ1n) is 7.15. The van der Waals surface area contributed by atoms with E-state index in [2.05, 4.69) is 37.8 Å². The van der Waals surface area contributed by atoms with Crippen molar-refractivity contribution in [2.75, 3.05) is 13.9 Å². The molecule has 2 heterocycles. The number of nitrogens with one attached hydrogen (secondary N) is 1. The van der Waals surface area contributed by atoms with Gasteiger partial charge in [0, 0.05) is 18.9 Å². The number of ether oxygens (including phenoxy) is 2. The molecule has 3 aromatic rings. The molecule has 0 spiro atoms. The average Bonchev–Trinajstić information content (AvgIpc) is 2.92. The monoisotopic (exact) mass is 463 g/mol. The Morgan fingerprint density at radius 3 is 2.64 bits per heavy atom. The first kappa shape index (κ1) is 17.9. The van der Waals surface area contributed by atoms with Crippen molar-refractivity contribution in [3.05, 3.63) is 39.1 Å². The fourth-order valence-corrected chi connectivity index (χ4v) is 3.05. The van der Waals surface area contributed by atoms with Gasteiger partial charge in [-0.1, -0.05) is 0 Å². The molecule has 0 bridgehead atoms. The second-order valence-electron chi connectivity index (χ2n) is 5.34. The summed E-state index contributed by atoms with van der Waals surface area (Å²) in [5.74, 6) is 0.0454. The molecule has 2 aromatic heterocycles. The third-order valence-electron chi connectivity index (χ3n) is 3.59. The number of hydrogen-bond acceptors (Lipinski definition) is 4. The Labute approximate surface area is 154 Å². The smallest absolute Gasteiger partial charge is 0.416 e. The van der Waals surface area contributed by atoms with Crippen molar-refractivity contribution < 1.29 is 22.6 Å². The van der Waals surface area contributed by atoms with Crippen LogP contribution >= 0.6 is 22.6 Å². The van der Waals surface area contributed by atoms with Gasteiger partial charge in [0.1, 0.15) is 11.3 Å². The number of hydrogen-bond donors (Lipinski definition) is 1. The Balaban J connectivity index is 2.17. The summed E-state index contributed by atoms with van der Waals surface area (Å²) in [4.78, 5) is 3.06. The largest absolute Gasteiger partial charge is 0.467 e. The number of rotatable bonds is 4. The van der Waals surface area contributed by atoms with E-state index >= 15 is 0 Å². The molecule has 5 nitrogen and oxygen atoms in total. The Morgan fingerprint density at radius 2 is 1.96 bits per heavy atom. The Bertz CT molecular complexity index is 925. The lowest BCUT2D eigenvalue weighted by Crippen LogP contribution is -2.09. The number of aromatic amines is 1. The summed E-state index contributed by atoms with van der Waals surface area (Å²) in [6, 6.07) is 3.75. The van der Waals surface area contributed by atoms with Crippen molar-refractivity contribution in [1.82, 2.24) is 15.2 Å². The van der Waals surface area contributed by atoms with E-state index in [0.29, 0.717) is 22.3 Å². The highest BCUT2D eigenvalue weighted by molar-refractivity contribution is 14.1. The highest BCUT2D eigenvalue weighted by Crippen LogP contribution is 2.39. The first-order valence-corrected chi connectivity index (χ1v) is 8.23. The van der Waals surface area contributed by atoms with Crippen LogP contribution in [0.4, 0.5) is 13.2 Å². The van der Waals surface area contributed by atoms with Gasteiger partial charge in [0.05, 0.1) is 20.3 Å². The summed E-state index contributed by atoms with van der Waals surface area (Å²) >= 11 is 2.12. The molecular formula is C16H13F3IN3O2. The van der Waals surface area contributed by atoms with E-state index in [9.17, 15) is 13.2 Å². The van der Waals surface area contributed by atoms with E-state index in [1.165, 1.54) is 7.11 Å². The van der Waals surface area contributed by atoms with Gasteiger partial charge in [0.25, 0.3) is 0 Å². The van der Waals surface area contributed by atoms with E-state index in [4.69, 9.17) is 9.47 Å². The van der Waals surface area contributed by atoms with E-state index in [-0.39, 0.29) is 12.5 Å². The molecule has 0 aliphatic heterocycles. The molecular weight excluding hydrogens is 450 g/mol. The van der Waals surface area contributed by atoms with Crippen LogP contribution in [0.2, 0.25) is 0 Å². The average molecular weight is 463 g/mol. The molecule has 3 rings (SSSR count). The van der Waals surface area contributed by atoms with Gasteiger partial charge in [0.15, 0.2) is 6.79 Å². The Kier molecular flexibility index (Phi) is 4.87. The molecule has 0 saturated heterocycles. The molecule has 132 valence electrons. The van der Waals surface area contributed by atoms with Crippen molar-refractivity contribution in [3.8, 4) is 17.0 Å². The first-order chi connectivity index (χ1) is 11.8. The van der Waals surface area contributed by atoms with Crippen molar-refractivity contribution in [2.24, 2.45) is 0 Å². The third kappa shape index (κ3) is 3.56. The van der Waals surface area contributed by atoms with Crippen molar-refractivity contribution >= 4 is 33.6 Å². The van der Waals surface area contributed by atoms with Gasteiger partial charge in [-0.2, -0.15) is 13.2 Å². The second-order valence-corrected chi connectivity index (χ2v) is 6.51. The van der Waals surface area contributed by atoms with Crippen LogP contribution < -0.4 is 4.74 Å². The number of benzene rings is 1. The summed E-state index contributed by atoms with van der Waals surface area (Å²) in [6.45, 7) is 1.40. The maximum absolute atomic E-state index is 13.1. The van der Waals surface area contributed by atoms with Crippen LogP contribution in [0.3, 0.4) is 0 Å². The van der Waals surface area contributed by atoms with Gasteiger partial charge in [-0.05, 0) is 53.3 Å². The molecule has 1 N–H and O–H groups in total. The molecule has 9 heteroatoms. The highest BCUT2D eigenvalue weighted by Gasteiger charge is 2.32. The van der Waals surface area contributed by atoms with Crippen LogP contribution in [-0.4, -0.2) is 29.1 Å². The van der Waals surface area contributed by atoms with Crippen molar-refractivity contribution in [3.63, 3.8) is 0 Å². The minimum atomic E-state index is -4.47. The van der Waals surface area contributed by atoms with Gasteiger partial charge in [0.2, 0.25) is 0 Å². The number of halogens is 4. The summed E-state index contributed by atoms with van der Waals surface area (Å²) < 4.78 is 50.4. The van der Waals surface area contributed by atoms with E-state index in [1.54, 1.807) is 19.2 Å². The van der Waals surface area contributed by atoms with Crippen molar-refractivity contribution in [2.45, 2.75) is 13.1 Å². The molecule has 0 radical (unpaired) electrons. The number of methoxy groups -OCH3 is 1. The van der Waals surface area contributed by atoms with Crippen molar-refractivity contribution in [1.29, 1.82) is 0 Å². The summed E-state index contributed by atoms with van der Waals surface area (Å²) in [5.41, 5.74) is 1.91. The van der Waals surface area contributed by atoms with Crippen LogP contribution in [0.15, 0.2) is 24.4 Å². The Hall–Kier alpha value is -1.88. The topological polar surface area (TPSA) is 60.0 Å². The molecule has 1 aromatic carbocycles. The number of aromatic nitrogens is 3. The number of H-pyrrole nitrogens is 1. The molecule has 0 atom stereocenters. The zero-order chi connectivity index (χ0) is 18.2. The van der Waals surface area contributed by atoms with Gasteiger partial charge in [-0.3, -0.25) is 0 Å². The fourth-order valence-electron chi connectivity index (χ4n) is 2.49. The SMILES string of the molecule is COCOc1cc(C(F)(F)F)cc(C)c1-c1cc2[nH]cc(I)c2nn1. The van der Waals surface area contributed by atoms with Gasteiger partial charge in [-0.15, -0.1) is 10.2 Å². The zero-order valence-corrected chi connectivity index (χ0v) is 15.4. The highest BCUT2D eigenvalue weighted by atomic mass is 127. The van der Waals surface area contributed by atoms with E-state index in [1.807, 2.05) is 0 Å². The molecule has 0 aliphatic rings. The zero-order valence-electron chi connectivity index (χ0n) is 13.2. The lowest BCUT2D eigenvalue weighted by molar-refractivity contribution is -0.137. The lowest BCUT2D eigenvalue weighted by Gasteiger charge is -2.16. The number of aryl methyl sites for hydroxylation is 1. The second kappa shape index (κ2) is 6.79. The third-order valence-corrected chi connectivity index (χ3v) is 4.41. The lowest BCUT2D eigenvalue weighted by atomic mass is 10.0. The molecule has 0 aliphatic carbocycles. The minimum absolute atomic E-state index is 0.0454. The molecule has 0 amide bonds. The number of alkyl halides is 3. The summed E-state index contributed by atoms with van der Waals surface area (Å²) in [5, 5.41) is 8.31. The summed E-state index contributed by atoms with van der Waals surface area (Å²) in [6.07, 6.45) is -2.69. The predicted octanol–water partition coefficient (Wildman–Crippen LogP) is 4.54. The standard InChI is InChI=1S/C16H13F3IN3O2/c1-8-3-9(16(17,18)19)4-13(25-7-24-2)14(8)11-5-12-15(23-22-11)10(20)6-21-12/h3-6,21H,7H2,1-2H3. The van der Waals surface area contributed by atoms with Crippen LogP contribution in [0.5, 0.6) is 5.75 Å².